The van der Waals surface area contributed by atoms with Crippen molar-refractivity contribution in [1.29, 1.82) is 0 Å². The van der Waals surface area contributed by atoms with Gasteiger partial charge in [-0.15, -0.1) is 0 Å². The van der Waals surface area contributed by atoms with Crippen LogP contribution in [0.4, 0.5) is 5.69 Å². The molecule has 1 N–H and O–H groups in total. The predicted molar refractivity (Wildman–Crippen MR) is 117 cm³/mol. The molecule has 0 aliphatic heterocycles. The Bertz CT molecular complexity index is 947. The summed E-state index contributed by atoms with van der Waals surface area (Å²) in [5.41, 5.74) is 2.18. The Balaban J connectivity index is 1.67. The fraction of sp³-hybridized carbons (Fsp3) is 0.174. The summed E-state index contributed by atoms with van der Waals surface area (Å²) in [5.74, 6) is 1.04. The lowest BCUT2D eigenvalue weighted by atomic mass is 10.2. The van der Waals surface area contributed by atoms with Crippen molar-refractivity contribution in [3.8, 4) is 11.5 Å². The van der Waals surface area contributed by atoms with Crippen LogP contribution in [0, 0.1) is 0 Å². The zero-order valence-corrected chi connectivity index (χ0v) is 17.6. The summed E-state index contributed by atoms with van der Waals surface area (Å²) in [4.78, 5) is 12.7. The molecule has 0 spiro atoms. The lowest BCUT2D eigenvalue weighted by Crippen LogP contribution is -2.13. The van der Waals surface area contributed by atoms with Gasteiger partial charge in [-0.3, -0.25) is 4.79 Å². The van der Waals surface area contributed by atoms with Crippen molar-refractivity contribution >= 4 is 27.5 Å². The largest absolute Gasteiger partial charge is 0.490 e. The van der Waals surface area contributed by atoms with Crippen molar-refractivity contribution in [2.45, 2.75) is 6.61 Å². The predicted octanol–water partition coefficient (Wildman–Crippen LogP) is 5.31. The Morgan fingerprint density at radius 2 is 1.66 bits per heavy atom. The molecule has 3 aromatic carbocycles. The molecule has 0 aromatic heterocycles. The number of carbonyl (C=O) groups excluding carboxylic acids is 1. The SMILES string of the molecule is COCCOc1ccc(C(=O)Nc2ccccc2OCc2ccccc2)cc1Br. The van der Waals surface area contributed by atoms with E-state index in [1.807, 2.05) is 54.6 Å². The van der Waals surface area contributed by atoms with Crippen molar-refractivity contribution < 1.29 is 19.0 Å². The average molecular weight is 456 g/mol. The molecule has 3 aromatic rings. The molecule has 0 heterocycles. The minimum absolute atomic E-state index is 0.232. The van der Waals surface area contributed by atoms with Gasteiger partial charge in [-0.1, -0.05) is 42.5 Å². The number of methoxy groups -OCH3 is 1. The monoisotopic (exact) mass is 455 g/mol. The summed E-state index contributed by atoms with van der Waals surface area (Å²) < 4.78 is 17.2. The van der Waals surface area contributed by atoms with Gasteiger partial charge in [-0.2, -0.15) is 0 Å². The molecule has 0 saturated carbocycles. The van der Waals surface area contributed by atoms with Crippen molar-refractivity contribution in [1.82, 2.24) is 0 Å². The van der Waals surface area contributed by atoms with Crippen LogP contribution < -0.4 is 14.8 Å². The Morgan fingerprint density at radius 1 is 0.897 bits per heavy atom. The molecule has 6 heteroatoms. The van der Waals surface area contributed by atoms with E-state index in [1.165, 1.54) is 0 Å². The van der Waals surface area contributed by atoms with E-state index in [1.54, 1.807) is 25.3 Å². The highest BCUT2D eigenvalue weighted by Crippen LogP contribution is 2.28. The standard InChI is InChI=1S/C23H22BrNO4/c1-27-13-14-28-21-12-11-18(15-19(21)24)23(26)25-20-9-5-6-10-22(20)29-16-17-7-3-2-4-8-17/h2-12,15H,13-14,16H2,1H3,(H,25,26). The zero-order chi connectivity index (χ0) is 20.5. The van der Waals surface area contributed by atoms with Crippen LogP contribution in [0.3, 0.4) is 0 Å². The molecule has 150 valence electrons. The van der Waals surface area contributed by atoms with Gasteiger partial charge in [0, 0.05) is 12.7 Å². The van der Waals surface area contributed by atoms with Crippen LogP contribution >= 0.6 is 15.9 Å². The van der Waals surface area contributed by atoms with E-state index in [2.05, 4.69) is 21.2 Å². The fourth-order valence-corrected chi connectivity index (χ4v) is 3.11. The number of rotatable bonds is 9. The summed E-state index contributed by atoms with van der Waals surface area (Å²) in [6.07, 6.45) is 0. The van der Waals surface area contributed by atoms with Gasteiger partial charge in [-0.25, -0.2) is 0 Å². The van der Waals surface area contributed by atoms with Gasteiger partial charge in [0.15, 0.2) is 0 Å². The van der Waals surface area contributed by atoms with Crippen LogP contribution in [0.5, 0.6) is 11.5 Å². The molecular formula is C23H22BrNO4. The molecule has 0 saturated heterocycles. The van der Waals surface area contributed by atoms with E-state index < -0.39 is 0 Å². The van der Waals surface area contributed by atoms with E-state index in [-0.39, 0.29) is 5.91 Å². The Hall–Kier alpha value is -2.83. The van der Waals surface area contributed by atoms with E-state index in [9.17, 15) is 4.79 Å². The molecule has 0 unspecified atom stereocenters. The third-order valence-corrected chi connectivity index (χ3v) is 4.73. The topological polar surface area (TPSA) is 56.8 Å². The van der Waals surface area contributed by atoms with Crippen LogP contribution in [-0.2, 0) is 11.3 Å². The summed E-state index contributed by atoms with van der Waals surface area (Å²) in [5, 5.41) is 2.92. The van der Waals surface area contributed by atoms with Gasteiger partial charge < -0.3 is 19.5 Å². The van der Waals surface area contributed by atoms with Crippen molar-refractivity contribution in [3.05, 3.63) is 88.4 Å². The minimum atomic E-state index is -0.232. The van der Waals surface area contributed by atoms with Crippen LogP contribution in [0.25, 0.3) is 0 Å². The summed E-state index contributed by atoms with van der Waals surface area (Å²) >= 11 is 3.45. The maximum atomic E-state index is 12.7. The number of carbonyl (C=O) groups is 1. The first-order valence-corrected chi connectivity index (χ1v) is 9.95. The number of benzene rings is 3. The van der Waals surface area contributed by atoms with Crippen LogP contribution in [-0.4, -0.2) is 26.2 Å². The second-order valence-electron chi connectivity index (χ2n) is 6.21. The zero-order valence-electron chi connectivity index (χ0n) is 16.1. The normalized spacial score (nSPS) is 10.4. The second kappa shape index (κ2) is 10.6. The molecule has 1 amide bonds. The first-order chi connectivity index (χ1) is 14.2. The minimum Gasteiger partial charge on any atom is -0.490 e. The molecule has 5 nitrogen and oxygen atoms in total. The maximum Gasteiger partial charge on any atom is 0.255 e. The van der Waals surface area contributed by atoms with Gasteiger partial charge in [0.05, 0.1) is 16.8 Å². The number of ether oxygens (including phenoxy) is 3. The Labute approximate surface area is 178 Å². The van der Waals surface area contributed by atoms with E-state index in [0.717, 1.165) is 5.56 Å². The molecule has 0 fully saturated rings. The van der Waals surface area contributed by atoms with E-state index >= 15 is 0 Å². The summed E-state index contributed by atoms with van der Waals surface area (Å²) in [6.45, 7) is 1.36. The molecule has 3 rings (SSSR count). The molecular weight excluding hydrogens is 434 g/mol. The van der Waals surface area contributed by atoms with Gasteiger partial charge in [0.1, 0.15) is 24.7 Å². The lowest BCUT2D eigenvalue weighted by molar-refractivity contribution is 0.102. The van der Waals surface area contributed by atoms with Crippen LogP contribution in [0.15, 0.2) is 77.3 Å². The lowest BCUT2D eigenvalue weighted by Gasteiger charge is -2.13. The fourth-order valence-electron chi connectivity index (χ4n) is 2.62. The summed E-state index contributed by atoms with van der Waals surface area (Å²) in [6, 6.07) is 22.5. The maximum absolute atomic E-state index is 12.7. The number of anilines is 1. The number of hydrogen-bond acceptors (Lipinski definition) is 4. The van der Waals surface area contributed by atoms with E-state index in [0.29, 0.717) is 47.0 Å². The highest BCUT2D eigenvalue weighted by Gasteiger charge is 2.12. The average Bonchev–Trinajstić information content (AvgIpc) is 2.75. The molecule has 0 radical (unpaired) electrons. The summed E-state index contributed by atoms with van der Waals surface area (Å²) in [7, 11) is 1.62. The quantitative estimate of drug-likeness (QED) is 0.444. The van der Waals surface area contributed by atoms with Crippen molar-refractivity contribution in [3.63, 3.8) is 0 Å². The van der Waals surface area contributed by atoms with Crippen LogP contribution in [0.2, 0.25) is 0 Å². The molecule has 0 bridgehead atoms. The van der Waals surface area contributed by atoms with Gasteiger partial charge in [0.25, 0.3) is 5.91 Å². The number of amides is 1. The Kier molecular flexibility index (Phi) is 7.67. The number of hydrogen-bond donors (Lipinski definition) is 1. The third kappa shape index (κ3) is 6.07. The smallest absolute Gasteiger partial charge is 0.255 e. The number of para-hydroxylation sites is 2. The first-order valence-electron chi connectivity index (χ1n) is 9.16. The van der Waals surface area contributed by atoms with E-state index in [4.69, 9.17) is 14.2 Å². The van der Waals surface area contributed by atoms with Crippen molar-refractivity contribution in [2.75, 3.05) is 25.6 Å². The van der Waals surface area contributed by atoms with Gasteiger partial charge >= 0.3 is 0 Å². The molecule has 0 aliphatic carbocycles. The highest BCUT2D eigenvalue weighted by molar-refractivity contribution is 9.10. The highest BCUT2D eigenvalue weighted by atomic mass is 79.9. The molecule has 0 aliphatic rings. The molecule has 29 heavy (non-hydrogen) atoms. The third-order valence-electron chi connectivity index (χ3n) is 4.11. The second-order valence-corrected chi connectivity index (χ2v) is 7.07. The van der Waals surface area contributed by atoms with Gasteiger partial charge in [-0.05, 0) is 51.8 Å². The molecule has 0 atom stereocenters. The van der Waals surface area contributed by atoms with Gasteiger partial charge in [0.2, 0.25) is 0 Å². The van der Waals surface area contributed by atoms with Crippen LogP contribution in [0.1, 0.15) is 15.9 Å². The number of halogens is 1. The first kappa shape index (κ1) is 20.9. The van der Waals surface area contributed by atoms with Crippen molar-refractivity contribution in [2.24, 2.45) is 0 Å². The Morgan fingerprint density at radius 3 is 2.41 bits per heavy atom. The number of nitrogens with one attached hydrogen (secondary N) is 1.